The summed E-state index contributed by atoms with van der Waals surface area (Å²) in [6.45, 7) is 2.75. The Kier molecular flexibility index (Phi) is 3.98. The smallest absolute Gasteiger partial charge is 0.275 e. The molecule has 2 N–H and O–H groups in total. The molecule has 8 heteroatoms. The van der Waals surface area contributed by atoms with E-state index in [0.29, 0.717) is 36.7 Å². The van der Waals surface area contributed by atoms with E-state index in [0.717, 1.165) is 62.1 Å². The van der Waals surface area contributed by atoms with Gasteiger partial charge in [0, 0.05) is 36.5 Å². The van der Waals surface area contributed by atoms with Crippen LogP contribution in [0.4, 0.5) is 5.95 Å². The molecule has 0 radical (unpaired) electrons. The first kappa shape index (κ1) is 16.5. The van der Waals surface area contributed by atoms with Gasteiger partial charge in [-0.15, -0.1) is 0 Å². The molecule has 0 atom stereocenters. The van der Waals surface area contributed by atoms with Crippen LogP contribution in [0.25, 0.3) is 0 Å². The van der Waals surface area contributed by atoms with Gasteiger partial charge in [-0.25, -0.2) is 4.98 Å². The maximum atomic E-state index is 13.0. The van der Waals surface area contributed by atoms with Crippen LogP contribution in [0.5, 0.6) is 0 Å². The largest absolute Gasteiger partial charge is 0.342 e. The number of carbonyl (C=O) groups excluding carboxylic acids is 1. The van der Waals surface area contributed by atoms with E-state index < -0.39 is 0 Å². The molecule has 1 saturated heterocycles. The fraction of sp³-hybridized carbons (Fsp3) is 0.579. The van der Waals surface area contributed by atoms with Crippen LogP contribution in [0.1, 0.15) is 58.7 Å². The van der Waals surface area contributed by atoms with Crippen molar-refractivity contribution in [2.75, 3.05) is 24.5 Å². The van der Waals surface area contributed by atoms with Crippen LogP contribution in [0.3, 0.4) is 0 Å². The van der Waals surface area contributed by atoms with E-state index in [-0.39, 0.29) is 11.5 Å². The molecule has 2 aromatic rings. The standard InChI is InChI=1S/C19H24N6O2/c26-17-13-7-10-25(18(27)16-12-5-4-6-14(12)22-23-16)11-15(13)20-19(21-17)24-8-2-1-3-9-24/h1-11H2,(H,22,23)(H,20,21,26). The summed E-state index contributed by atoms with van der Waals surface area (Å²) in [6.07, 6.45) is 6.95. The van der Waals surface area contributed by atoms with E-state index in [1.807, 2.05) is 0 Å². The number of aromatic nitrogens is 4. The number of nitrogens with zero attached hydrogens (tertiary/aromatic N) is 4. The van der Waals surface area contributed by atoms with E-state index >= 15 is 0 Å². The molecular weight excluding hydrogens is 344 g/mol. The third kappa shape index (κ3) is 2.83. The van der Waals surface area contributed by atoms with E-state index in [1.54, 1.807) is 4.90 Å². The lowest BCUT2D eigenvalue weighted by molar-refractivity contribution is 0.0724. The Morgan fingerprint density at radius 3 is 2.67 bits per heavy atom. The average Bonchev–Trinajstić information content (AvgIpc) is 3.31. The minimum Gasteiger partial charge on any atom is -0.342 e. The van der Waals surface area contributed by atoms with E-state index in [2.05, 4.69) is 20.1 Å². The number of hydrogen-bond donors (Lipinski definition) is 2. The van der Waals surface area contributed by atoms with Gasteiger partial charge in [0.2, 0.25) is 5.95 Å². The van der Waals surface area contributed by atoms with Crippen LogP contribution in [0, 0.1) is 0 Å². The number of aromatic amines is 2. The molecule has 8 nitrogen and oxygen atoms in total. The van der Waals surface area contributed by atoms with Crippen LogP contribution in [0.2, 0.25) is 0 Å². The Morgan fingerprint density at radius 2 is 1.81 bits per heavy atom. The normalized spacial score (nSPS) is 19.1. The highest BCUT2D eigenvalue weighted by atomic mass is 16.2. The highest BCUT2D eigenvalue weighted by Crippen LogP contribution is 2.25. The first-order valence-corrected chi connectivity index (χ1v) is 9.93. The van der Waals surface area contributed by atoms with Crippen molar-refractivity contribution in [2.24, 2.45) is 0 Å². The van der Waals surface area contributed by atoms with Crippen molar-refractivity contribution in [3.63, 3.8) is 0 Å². The van der Waals surface area contributed by atoms with Crippen molar-refractivity contribution < 1.29 is 4.79 Å². The predicted octanol–water partition coefficient (Wildman–Crippen LogP) is 1.17. The van der Waals surface area contributed by atoms with Crippen LogP contribution >= 0.6 is 0 Å². The molecule has 1 amide bonds. The zero-order chi connectivity index (χ0) is 18.4. The van der Waals surface area contributed by atoms with Gasteiger partial charge in [0.15, 0.2) is 5.69 Å². The average molecular weight is 368 g/mol. The number of piperidine rings is 1. The topological polar surface area (TPSA) is 98.0 Å². The molecule has 2 aliphatic heterocycles. The molecule has 0 saturated carbocycles. The third-order valence-corrected chi connectivity index (χ3v) is 6.01. The van der Waals surface area contributed by atoms with Crippen molar-refractivity contribution in [3.05, 3.63) is 38.6 Å². The van der Waals surface area contributed by atoms with Crippen LogP contribution in [-0.4, -0.2) is 50.6 Å². The van der Waals surface area contributed by atoms with Gasteiger partial charge < -0.3 is 9.80 Å². The summed E-state index contributed by atoms with van der Waals surface area (Å²) in [5, 5.41) is 7.28. The molecule has 1 fully saturated rings. The highest BCUT2D eigenvalue weighted by molar-refractivity contribution is 5.94. The lowest BCUT2D eigenvalue weighted by atomic mass is 10.1. The summed E-state index contributed by atoms with van der Waals surface area (Å²) < 4.78 is 0. The molecule has 0 spiro atoms. The second-order valence-corrected chi connectivity index (χ2v) is 7.72. The molecule has 27 heavy (non-hydrogen) atoms. The maximum Gasteiger partial charge on any atom is 0.275 e. The summed E-state index contributed by atoms with van der Waals surface area (Å²) in [7, 11) is 0. The number of H-pyrrole nitrogens is 2. The zero-order valence-corrected chi connectivity index (χ0v) is 15.4. The summed E-state index contributed by atoms with van der Waals surface area (Å²) in [6, 6.07) is 0. The molecule has 2 aromatic heterocycles. The van der Waals surface area contributed by atoms with E-state index in [4.69, 9.17) is 4.98 Å². The number of aryl methyl sites for hydroxylation is 1. The predicted molar refractivity (Wildman–Crippen MR) is 100.0 cm³/mol. The first-order valence-electron chi connectivity index (χ1n) is 9.93. The maximum absolute atomic E-state index is 13.0. The van der Waals surface area contributed by atoms with Crippen molar-refractivity contribution >= 4 is 11.9 Å². The Hall–Kier alpha value is -2.64. The van der Waals surface area contributed by atoms with Gasteiger partial charge in [-0.1, -0.05) is 0 Å². The number of rotatable bonds is 2. The van der Waals surface area contributed by atoms with Gasteiger partial charge in [-0.3, -0.25) is 19.7 Å². The second kappa shape index (κ2) is 6.51. The zero-order valence-electron chi connectivity index (χ0n) is 15.4. The summed E-state index contributed by atoms with van der Waals surface area (Å²) in [5.41, 5.74) is 4.09. The number of nitrogens with one attached hydrogen (secondary N) is 2. The van der Waals surface area contributed by atoms with Gasteiger partial charge in [0.25, 0.3) is 11.5 Å². The van der Waals surface area contributed by atoms with Gasteiger partial charge in [-0.05, 0) is 44.9 Å². The number of anilines is 1. The lowest BCUT2D eigenvalue weighted by Gasteiger charge is -2.30. The fourth-order valence-electron chi connectivity index (χ4n) is 4.50. The molecule has 0 aromatic carbocycles. The number of carbonyl (C=O) groups is 1. The van der Waals surface area contributed by atoms with E-state index in [1.165, 1.54) is 6.42 Å². The monoisotopic (exact) mass is 368 g/mol. The second-order valence-electron chi connectivity index (χ2n) is 7.72. The molecule has 1 aliphatic carbocycles. The minimum absolute atomic E-state index is 0.0540. The van der Waals surface area contributed by atoms with Crippen LogP contribution in [0.15, 0.2) is 4.79 Å². The van der Waals surface area contributed by atoms with Gasteiger partial charge in [-0.2, -0.15) is 5.10 Å². The van der Waals surface area contributed by atoms with Crippen molar-refractivity contribution in [2.45, 2.75) is 51.5 Å². The third-order valence-electron chi connectivity index (χ3n) is 6.01. The highest BCUT2D eigenvalue weighted by Gasteiger charge is 2.30. The SMILES string of the molecule is O=C(c1n[nH]c2c1CCC2)N1CCc2c(nc(N3CCCCC3)[nH]c2=O)C1. The Bertz CT molecular complexity index is 940. The Labute approximate surface area is 157 Å². The summed E-state index contributed by atoms with van der Waals surface area (Å²) >= 11 is 0. The van der Waals surface area contributed by atoms with Gasteiger partial charge in [0.1, 0.15) is 0 Å². The molecular formula is C19H24N6O2. The number of fused-ring (bicyclic) bond motifs is 2. The van der Waals surface area contributed by atoms with Crippen LogP contribution < -0.4 is 10.5 Å². The fourth-order valence-corrected chi connectivity index (χ4v) is 4.50. The molecule has 142 valence electrons. The summed E-state index contributed by atoms with van der Waals surface area (Å²) in [4.78, 5) is 37.2. The molecule has 3 aliphatic rings. The number of hydrogen-bond acceptors (Lipinski definition) is 5. The Morgan fingerprint density at radius 1 is 0.963 bits per heavy atom. The summed E-state index contributed by atoms with van der Waals surface area (Å²) in [5.74, 6) is 0.593. The quantitative estimate of drug-likeness (QED) is 0.829. The van der Waals surface area contributed by atoms with E-state index in [9.17, 15) is 9.59 Å². The first-order chi connectivity index (χ1) is 13.2. The molecule has 5 rings (SSSR count). The molecule has 0 unspecified atom stereocenters. The van der Waals surface area contributed by atoms with Crippen molar-refractivity contribution in [1.29, 1.82) is 0 Å². The molecule has 4 heterocycles. The van der Waals surface area contributed by atoms with Gasteiger partial charge >= 0.3 is 0 Å². The van der Waals surface area contributed by atoms with Crippen molar-refractivity contribution in [1.82, 2.24) is 25.1 Å². The van der Waals surface area contributed by atoms with Crippen molar-refractivity contribution in [3.8, 4) is 0 Å². The lowest BCUT2D eigenvalue weighted by Crippen LogP contribution is -2.41. The Balaban J connectivity index is 1.42. The van der Waals surface area contributed by atoms with Crippen LogP contribution in [-0.2, 0) is 25.8 Å². The molecule has 0 bridgehead atoms. The minimum atomic E-state index is -0.0617. The van der Waals surface area contributed by atoms with Gasteiger partial charge in [0.05, 0.1) is 12.2 Å². The number of amides is 1.